The summed E-state index contributed by atoms with van der Waals surface area (Å²) in [5.41, 5.74) is 0.788. The molecule has 1 N–H and O–H groups in total. The third-order valence-corrected chi connectivity index (χ3v) is 3.38. The second-order valence-electron chi connectivity index (χ2n) is 3.97. The largest absolute Gasteiger partial charge is 0.475 e. The molecule has 0 aromatic carbocycles. The minimum absolute atomic E-state index is 0.0893. The summed E-state index contributed by atoms with van der Waals surface area (Å²) in [6.07, 6.45) is 3.28. The molecule has 3 heterocycles. The molecule has 3 aromatic rings. The van der Waals surface area contributed by atoms with Crippen LogP contribution in [0.5, 0.6) is 0 Å². The fourth-order valence-corrected chi connectivity index (χ4v) is 2.24. The number of carbonyl (C=O) groups is 1. The Morgan fingerprint density at radius 2 is 1.95 bits per heavy atom. The molecule has 3 rings (SSSR count). The second kappa shape index (κ2) is 5.80. The summed E-state index contributed by atoms with van der Waals surface area (Å²) >= 11 is 1.27. The number of furan rings is 1. The van der Waals surface area contributed by atoms with E-state index in [1.807, 2.05) is 0 Å². The first-order chi connectivity index (χ1) is 10.2. The van der Waals surface area contributed by atoms with E-state index in [0.717, 1.165) is 5.56 Å². The van der Waals surface area contributed by atoms with Crippen molar-refractivity contribution < 1.29 is 18.7 Å². The molecule has 0 aliphatic carbocycles. The Morgan fingerprint density at radius 1 is 1.14 bits per heavy atom. The maximum Gasteiger partial charge on any atom is 0.371 e. The van der Waals surface area contributed by atoms with Crippen LogP contribution in [0.1, 0.15) is 16.3 Å². The zero-order valence-corrected chi connectivity index (χ0v) is 11.4. The number of hydrogen-bond acceptors (Lipinski definition) is 7. The van der Waals surface area contributed by atoms with Crippen LogP contribution in [0.15, 0.2) is 50.7 Å². The summed E-state index contributed by atoms with van der Waals surface area (Å²) in [5.74, 6) is 0.162. The molecule has 0 fully saturated rings. The van der Waals surface area contributed by atoms with Gasteiger partial charge in [-0.25, -0.2) is 4.79 Å². The van der Waals surface area contributed by atoms with Gasteiger partial charge in [0.2, 0.25) is 11.7 Å². The topological polar surface area (TPSA) is 102 Å². The van der Waals surface area contributed by atoms with Gasteiger partial charge in [-0.3, -0.25) is 4.98 Å². The van der Waals surface area contributed by atoms with Gasteiger partial charge in [-0.1, -0.05) is 11.8 Å². The number of aromatic carboxylic acids is 1. The summed E-state index contributed by atoms with van der Waals surface area (Å²) in [4.78, 5) is 14.6. The molecule has 0 bridgehead atoms. The molecule has 0 amide bonds. The number of thioether (sulfide) groups is 1. The molecule has 106 valence electrons. The number of aromatic nitrogens is 3. The van der Waals surface area contributed by atoms with Crippen molar-refractivity contribution in [3.63, 3.8) is 0 Å². The number of rotatable bonds is 5. The van der Waals surface area contributed by atoms with E-state index in [1.54, 1.807) is 30.6 Å². The van der Waals surface area contributed by atoms with E-state index in [-0.39, 0.29) is 5.76 Å². The molecule has 0 atom stereocenters. The Kier molecular flexibility index (Phi) is 3.69. The Balaban J connectivity index is 1.66. The average Bonchev–Trinajstić information content (AvgIpc) is 3.15. The standard InChI is InChI=1S/C13H9N3O4S/c17-12(18)10-2-1-9(19-10)7-21-13-16-15-11(20-13)8-3-5-14-6-4-8/h1-6H,7H2,(H,17,18). The van der Waals surface area contributed by atoms with Crippen LogP contribution in [0, 0.1) is 0 Å². The second-order valence-corrected chi connectivity index (χ2v) is 4.90. The number of carboxylic acid groups (broad SMARTS) is 1. The number of pyridine rings is 1. The Hall–Kier alpha value is -2.61. The van der Waals surface area contributed by atoms with Crippen molar-refractivity contribution >= 4 is 17.7 Å². The van der Waals surface area contributed by atoms with Crippen molar-refractivity contribution in [2.75, 3.05) is 0 Å². The predicted molar refractivity (Wildman–Crippen MR) is 72.8 cm³/mol. The first-order valence-corrected chi connectivity index (χ1v) is 6.89. The molecule has 7 nitrogen and oxygen atoms in total. The van der Waals surface area contributed by atoms with Crippen LogP contribution < -0.4 is 0 Å². The molecule has 8 heteroatoms. The van der Waals surface area contributed by atoms with E-state index in [4.69, 9.17) is 13.9 Å². The molecule has 0 aliphatic heterocycles. The van der Waals surface area contributed by atoms with E-state index < -0.39 is 5.97 Å². The number of nitrogens with zero attached hydrogens (tertiary/aromatic N) is 3. The average molecular weight is 303 g/mol. The van der Waals surface area contributed by atoms with Crippen molar-refractivity contribution in [1.29, 1.82) is 0 Å². The van der Waals surface area contributed by atoms with Gasteiger partial charge in [0, 0.05) is 18.0 Å². The molecule has 0 spiro atoms. The van der Waals surface area contributed by atoms with Crippen molar-refractivity contribution in [2.45, 2.75) is 11.0 Å². The molecule has 0 aliphatic rings. The van der Waals surface area contributed by atoms with Crippen LogP contribution in [-0.2, 0) is 5.75 Å². The molecule has 0 unspecified atom stereocenters. The maximum absolute atomic E-state index is 10.7. The first-order valence-electron chi connectivity index (χ1n) is 5.91. The SMILES string of the molecule is O=C(O)c1ccc(CSc2nnc(-c3ccncc3)o2)o1. The quantitative estimate of drug-likeness (QED) is 0.718. The van der Waals surface area contributed by atoms with Crippen LogP contribution in [0.4, 0.5) is 0 Å². The van der Waals surface area contributed by atoms with Crippen LogP contribution in [0.2, 0.25) is 0 Å². The van der Waals surface area contributed by atoms with E-state index in [0.29, 0.717) is 22.6 Å². The highest BCUT2D eigenvalue weighted by Crippen LogP contribution is 2.25. The molecule has 0 saturated carbocycles. The monoisotopic (exact) mass is 303 g/mol. The lowest BCUT2D eigenvalue weighted by atomic mass is 10.3. The fraction of sp³-hybridized carbons (Fsp3) is 0.0769. The van der Waals surface area contributed by atoms with Gasteiger partial charge in [-0.15, -0.1) is 10.2 Å². The van der Waals surface area contributed by atoms with Crippen LogP contribution >= 0.6 is 11.8 Å². The molecule has 0 radical (unpaired) electrons. The van der Waals surface area contributed by atoms with Gasteiger partial charge in [0.05, 0.1) is 5.75 Å². The summed E-state index contributed by atoms with van der Waals surface area (Å²) in [6, 6.07) is 6.56. The zero-order chi connectivity index (χ0) is 14.7. The Morgan fingerprint density at radius 3 is 2.67 bits per heavy atom. The van der Waals surface area contributed by atoms with Crippen molar-refractivity contribution in [2.24, 2.45) is 0 Å². The lowest BCUT2D eigenvalue weighted by molar-refractivity contribution is 0.0661. The highest BCUT2D eigenvalue weighted by atomic mass is 32.2. The third kappa shape index (κ3) is 3.11. The van der Waals surface area contributed by atoms with Gasteiger partial charge in [0.1, 0.15) is 5.76 Å². The smallest absolute Gasteiger partial charge is 0.371 e. The third-order valence-electron chi connectivity index (χ3n) is 2.54. The van der Waals surface area contributed by atoms with Gasteiger partial charge < -0.3 is 13.9 Å². The Bertz CT molecular complexity index is 754. The molecule has 0 saturated heterocycles. The van der Waals surface area contributed by atoms with E-state index >= 15 is 0 Å². The number of carboxylic acids is 1. The van der Waals surface area contributed by atoms with E-state index in [2.05, 4.69) is 15.2 Å². The van der Waals surface area contributed by atoms with Crippen molar-refractivity contribution in [3.8, 4) is 11.5 Å². The van der Waals surface area contributed by atoms with Crippen LogP contribution in [-0.4, -0.2) is 26.3 Å². The summed E-state index contributed by atoms with van der Waals surface area (Å²) in [7, 11) is 0. The lowest BCUT2D eigenvalue weighted by Gasteiger charge is -1.93. The zero-order valence-electron chi connectivity index (χ0n) is 10.6. The lowest BCUT2D eigenvalue weighted by Crippen LogP contribution is -1.91. The highest BCUT2D eigenvalue weighted by Gasteiger charge is 2.12. The predicted octanol–water partition coefficient (Wildman–Crippen LogP) is 2.72. The van der Waals surface area contributed by atoms with Crippen molar-refractivity contribution in [1.82, 2.24) is 15.2 Å². The molecule has 21 heavy (non-hydrogen) atoms. The Labute approximate surface area is 123 Å². The summed E-state index contributed by atoms with van der Waals surface area (Å²) < 4.78 is 10.6. The number of hydrogen-bond donors (Lipinski definition) is 1. The molecule has 3 aromatic heterocycles. The minimum Gasteiger partial charge on any atom is -0.475 e. The summed E-state index contributed by atoms with van der Waals surface area (Å²) in [5, 5.41) is 17.0. The molecular weight excluding hydrogens is 294 g/mol. The van der Waals surface area contributed by atoms with Crippen LogP contribution in [0.25, 0.3) is 11.5 Å². The van der Waals surface area contributed by atoms with Gasteiger partial charge in [0.15, 0.2) is 0 Å². The maximum atomic E-state index is 10.7. The molecular formula is C13H9N3O4S. The minimum atomic E-state index is -1.09. The fourth-order valence-electron chi connectivity index (χ4n) is 1.58. The summed E-state index contributed by atoms with van der Waals surface area (Å²) in [6.45, 7) is 0. The van der Waals surface area contributed by atoms with Gasteiger partial charge in [-0.05, 0) is 24.3 Å². The van der Waals surface area contributed by atoms with Crippen molar-refractivity contribution in [3.05, 3.63) is 48.2 Å². The van der Waals surface area contributed by atoms with Gasteiger partial charge in [0.25, 0.3) is 5.22 Å². The normalized spacial score (nSPS) is 10.7. The van der Waals surface area contributed by atoms with E-state index in [9.17, 15) is 4.79 Å². The highest BCUT2D eigenvalue weighted by molar-refractivity contribution is 7.98. The van der Waals surface area contributed by atoms with E-state index in [1.165, 1.54) is 17.8 Å². The van der Waals surface area contributed by atoms with Gasteiger partial charge >= 0.3 is 5.97 Å². The van der Waals surface area contributed by atoms with Crippen LogP contribution in [0.3, 0.4) is 0 Å². The first kappa shape index (κ1) is 13.4. The van der Waals surface area contributed by atoms with Gasteiger partial charge in [-0.2, -0.15) is 0 Å².